The zero-order valence-corrected chi connectivity index (χ0v) is 7.68. The van der Waals surface area contributed by atoms with Gasteiger partial charge < -0.3 is 5.32 Å². The molecule has 0 amide bonds. The van der Waals surface area contributed by atoms with E-state index in [0.29, 0.717) is 11.6 Å². The Balaban J connectivity index is 2.07. The molecule has 2 nitrogen and oxygen atoms in total. The molecule has 0 unspecified atom stereocenters. The first kappa shape index (κ1) is 5.97. The highest BCUT2D eigenvalue weighted by molar-refractivity contribution is 5.96. The van der Waals surface area contributed by atoms with Crippen molar-refractivity contribution in [2.45, 2.75) is 51.0 Å². The average molecular weight is 182 g/mol. The Labute approximate surface area is 83.6 Å². The van der Waals surface area contributed by atoms with Gasteiger partial charge in [0.2, 0.25) is 0 Å². The molecule has 0 spiro atoms. The van der Waals surface area contributed by atoms with E-state index in [2.05, 4.69) is 5.32 Å². The van der Waals surface area contributed by atoms with E-state index < -0.39 is 6.85 Å². The molecule has 2 heteroatoms. The first-order valence-corrected chi connectivity index (χ1v) is 4.95. The monoisotopic (exact) mass is 182 g/mol. The van der Waals surface area contributed by atoms with Gasteiger partial charge >= 0.3 is 0 Å². The first-order valence-electron chi connectivity index (χ1n) is 6.45. The number of carbonyl (C=O) groups excluding carboxylic acids is 1. The summed E-state index contributed by atoms with van der Waals surface area (Å²) in [6, 6.07) is 0.613. The topological polar surface area (TPSA) is 29.1 Å². The Morgan fingerprint density at radius 3 is 3.46 bits per heavy atom. The standard InChI is InChI=1S/C11H17NO/c1-2-11(13)9-5-3-4-8-6-7-10(9)12-8/h5,8,10,12H,2-4,6-7H2,1H3/t8-,10-/m1/s1/i1D3. The predicted octanol–water partition coefficient (Wildman–Crippen LogP) is 1.81. The lowest BCUT2D eigenvalue weighted by Crippen LogP contribution is -2.31. The van der Waals surface area contributed by atoms with Gasteiger partial charge in [0.15, 0.2) is 5.78 Å². The van der Waals surface area contributed by atoms with Crippen molar-refractivity contribution in [3.63, 3.8) is 0 Å². The van der Waals surface area contributed by atoms with Crippen molar-refractivity contribution in [1.82, 2.24) is 5.32 Å². The number of rotatable bonds is 2. The van der Waals surface area contributed by atoms with E-state index in [-0.39, 0.29) is 18.2 Å². The van der Waals surface area contributed by atoms with Crippen LogP contribution in [0.5, 0.6) is 0 Å². The summed E-state index contributed by atoms with van der Waals surface area (Å²) in [6.45, 7) is -2.15. The minimum absolute atomic E-state index is 0.0994. The fourth-order valence-corrected chi connectivity index (χ4v) is 2.28. The molecule has 0 aromatic heterocycles. The van der Waals surface area contributed by atoms with Crippen LogP contribution in [0.25, 0.3) is 0 Å². The number of Topliss-reactive ketones (excluding diaryl/α,β-unsaturated/α-hetero) is 1. The van der Waals surface area contributed by atoms with Crippen LogP contribution in [0.3, 0.4) is 0 Å². The zero-order chi connectivity index (χ0) is 11.8. The van der Waals surface area contributed by atoms with Crippen LogP contribution in [0.1, 0.15) is 43.1 Å². The van der Waals surface area contributed by atoms with Crippen molar-refractivity contribution in [3.05, 3.63) is 11.6 Å². The van der Waals surface area contributed by atoms with Gasteiger partial charge in [0.1, 0.15) is 0 Å². The molecule has 0 saturated carbocycles. The van der Waals surface area contributed by atoms with E-state index in [1.165, 1.54) is 0 Å². The van der Waals surface area contributed by atoms with Crippen LogP contribution < -0.4 is 5.32 Å². The number of hydrogen-bond donors (Lipinski definition) is 1. The third kappa shape index (κ3) is 1.68. The molecular formula is C11H17NO. The van der Waals surface area contributed by atoms with Gasteiger partial charge in [0, 0.05) is 28.2 Å². The molecule has 0 aromatic rings. The number of carbonyl (C=O) groups is 1. The SMILES string of the molecule is [2H]C([2H])([2H])CC(=O)C1=CCC[C@@H]2CC[C@H]1N2. The largest absolute Gasteiger partial charge is 0.307 e. The lowest BCUT2D eigenvalue weighted by molar-refractivity contribution is -0.115. The van der Waals surface area contributed by atoms with Gasteiger partial charge in [-0.2, -0.15) is 0 Å². The second kappa shape index (κ2) is 3.62. The highest BCUT2D eigenvalue weighted by atomic mass is 16.1. The normalized spacial score (nSPS) is 36.9. The first-order chi connectivity index (χ1) is 7.46. The maximum atomic E-state index is 11.9. The fourth-order valence-electron chi connectivity index (χ4n) is 2.28. The molecule has 2 aliphatic rings. The molecule has 0 aromatic carbocycles. The number of ketones is 1. The molecule has 13 heavy (non-hydrogen) atoms. The summed E-state index contributed by atoms with van der Waals surface area (Å²) in [4.78, 5) is 11.9. The highest BCUT2D eigenvalue weighted by Crippen LogP contribution is 2.26. The Bertz CT molecular complexity index is 322. The second-order valence-electron chi connectivity index (χ2n) is 3.83. The van der Waals surface area contributed by atoms with Crippen molar-refractivity contribution < 1.29 is 8.91 Å². The molecule has 0 aliphatic carbocycles. The smallest absolute Gasteiger partial charge is 0.159 e. The van der Waals surface area contributed by atoms with E-state index in [1.807, 2.05) is 6.08 Å². The molecule has 2 heterocycles. The number of allylic oxidation sites excluding steroid dienone is 1. The molecule has 2 atom stereocenters. The molecule has 2 aliphatic heterocycles. The lowest BCUT2D eigenvalue weighted by Gasteiger charge is -2.12. The van der Waals surface area contributed by atoms with Gasteiger partial charge in [0.25, 0.3) is 0 Å². The number of hydrogen-bond acceptors (Lipinski definition) is 2. The highest BCUT2D eigenvalue weighted by Gasteiger charge is 2.30. The summed E-state index contributed by atoms with van der Waals surface area (Å²) in [5.74, 6) is -0.208. The van der Waals surface area contributed by atoms with Gasteiger partial charge in [-0.15, -0.1) is 0 Å². The lowest BCUT2D eigenvalue weighted by atomic mass is 9.96. The molecule has 1 saturated heterocycles. The summed E-state index contributed by atoms with van der Waals surface area (Å²) in [5.41, 5.74) is 0.705. The predicted molar refractivity (Wildman–Crippen MR) is 52.6 cm³/mol. The Morgan fingerprint density at radius 1 is 1.69 bits per heavy atom. The maximum Gasteiger partial charge on any atom is 0.159 e. The van der Waals surface area contributed by atoms with E-state index in [4.69, 9.17) is 4.11 Å². The van der Waals surface area contributed by atoms with Crippen molar-refractivity contribution in [2.75, 3.05) is 0 Å². The van der Waals surface area contributed by atoms with E-state index >= 15 is 0 Å². The Kier molecular flexibility index (Phi) is 1.66. The average Bonchev–Trinajstić information content (AvgIpc) is 2.43. The zero-order valence-electron chi connectivity index (χ0n) is 10.7. The molecule has 1 N–H and O–H groups in total. The molecule has 2 bridgehead atoms. The van der Waals surface area contributed by atoms with Crippen LogP contribution in [0.4, 0.5) is 0 Å². The molecular weight excluding hydrogens is 162 g/mol. The third-order valence-corrected chi connectivity index (χ3v) is 2.98. The quantitative estimate of drug-likeness (QED) is 0.705. The van der Waals surface area contributed by atoms with E-state index in [1.54, 1.807) is 0 Å². The van der Waals surface area contributed by atoms with Gasteiger partial charge in [-0.25, -0.2) is 0 Å². The summed E-state index contributed by atoms with van der Waals surface area (Å²) >= 11 is 0. The third-order valence-electron chi connectivity index (χ3n) is 2.98. The van der Waals surface area contributed by atoms with Crippen LogP contribution in [0.2, 0.25) is 0 Å². The fraction of sp³-hybridized carbons (Fsp3) is 0.727. The van der Waals surface area contributed by atoms with E-state index in [0.717, 1.165) is 25.7 Å². The van der Waals surface area contributed by atoms with Crippen molar-refractivity contribution in [3.8, 4) is 0 Å². The van der Waals surface area contributed by atoms with Crippen LogP contribution in [-0.4, -0.2) is 17.9 Å². The second-order valence-corrected chi connectivity index (χ2v) is 3.83. The summed E-state index contributed by atoms with van der Waals surface area (Å²) < 4.78 is 21.4. The summed E-state index contributed by atoms with van der Waals surface area (Å²) in [7, 11) is 0. The van der Waals surface area contributed by atoms with Crippen molar-refractivity contribution in [1.29, 1.82) is 0 Å². The van der Waals surface area contributed by atoms with Gasteiger partial charge in [-0.05, 0) is 25.7 Å². The molecule has 0 radical (unpaired) electrons. The minimum Gasteiger partial charge on any atom is -0.307 e. The van der Waals surface area contributed by atoms with Gasteiger partial charge in [0.05, 0.1) is 0 Å². The number of fused-ring (bicyclic) bond motifs is 2. The van der Waals surface area contributed by atoms with Crippen LogP contribution in [0, 0.1) is 0 Å². The van der Waals surface area contributed by atoms with Crippen LogP contribution >= 0.6 is 0 Å². The maximum absolute atomic E-state index is 11.9. The van der Waals surface area contributed by atoms with Gasteiger partial charge in [-0.1, -0.05) is 12.9 Å². The minimum atomic E-state index is -2.15. The molecule has 1 fully saturated rings. The Hall–Kier alpha value is -0.630. The van der Waals surface area contributed by atoms with Crippen molar-refractivity contribution >= 4 is 5.78 Å². The number of nitrogens with one attached hydrogen (secondary N) is 1. The summed E-state index contributed by atoms with van der Waals surface area (Å²) in [5, 5.41) is 3.40. The van der Waals surface area contributed by atoms with E-state index in [9.17, 15) is 4.79 Å². The van der Waals surface area contributed by atoms with Crippen LogP contribution in [0.15, 0.2) is 11.6 Å². The van der Waals surface area contributed by atoms with Gasteiger partial charge in [-0.3, -0.25) is 4.79 Å². The van der Waals surface area contributed by atoms with Crippen LogP contribution in [-0.2, 0) is 4.79 Å². The molecule has 2 rings (SSSR count). The Morgan fingerprint density at radius 2 is 2.62 bits per heavy atom. The van der Waals surface area contributed by atoms with Crippen molar-refractivity contribution in [2.24, 2.45) is 0 Å². The molecule has 72 valence electrons. The summed E-state index contributed by atoms with van der Waals surface area (Å²) in [6.07, 6.45) is 5.61.